The van der Waals surface area contributed by atoms with E-state index in [9.17, 15) is 18.0 Å². The number of aliphatic imine (C=N–C) groups is 1. The lowest BCUT2D eigenvalue weighted by molar-refractivity contribution is -0.126. The molecule has 1 saturated heterocycles. The molecule has 2 atom stereocenters. The first-order valence-electron chi connectivity index (χ1n) is 9.40. The molecule has 11 heteroatoms. The third-order valence-electron chi connectivity index (χ3n) is 5.47. The van der Waals surface area contributed by atoms with Gasteiger partial charge in [0, 0.05) is 24.5 Å². The Kier molecular flexibility index (Phi) is 4.14. The summed E-state index contributed by atoms with van der Waals surface area (Å²) in [7, 11) is -2.25. The number of carbonyl (C=O) groups excluding carboxylic acids is 2. The normalized spacial score (nSPS) is 22.7. The van der Waals surface area contributed by atoms with Crippen LogP contribution in [0, 0.1) is 0 Å². The maximum absolute atomic E-state index is 12.6. The molecular formula is C20H18N6O4S. The van der Waals surface area contributed by atoms with Crippen LogP contribution >= 0.6 is 0 Å². The van der Waals surface area contributed by atoms with Gasteiger partial charge in [0.1, 0.15) is 0 Å². The zero-order valence-corrected chi connectivity index (χ0v) is 17.2. The molecule has 2 aromatic rings. The molecule has 5 rings (SSSR count). The fourth-order valence-electron chi connectivity index (χ4n) is 3.93. The second kappa shape index (κ2) is 6.65. The predicted octanol–water partition coefficient (Wildman–Crippen LogP) is 0.701. The van der Waals surface area contributed by atoms with Gasteiger partial charge in [-0.2, -0.15) is 0 Å². The average Bonchev–Trinajstić information content (AvgIpc) is 3.29. The Labute approximate surface area is 178 Å². The Hall–Kier alpha value is -3.70. The van der Waals surface area contributed by atoms with Crippen LogP contribution in [0.3, 0.4) is 0 Å². The molecule has 3 aliphatic heterocycles. The fraction of sp³-hybridized carbons (Fsp3) is 0.150. The Balaban J connectivity index is 1.63. The van der Waals surface area contributed by atoms with E-state index in [-0.39, 0.29) is 4.90 Å². The highest BCUT2D eigenvalue weighted by atomic mass is 32.2. The second-order valence-corrected chi connectivity index (χ2v) is 8.92. The van der Waals surface area contributed by atoms with Crippen LogP contribution in [-0.2, 0) is 14.8 Å². The van der Waals surface area contributed by atoms with Crippen LogP contribution in [0.5, 0.6) is 0 Å². The zero-order valence-electron chi connectivity index (χ0n) is 16.3. The van der Waals surface area contributed by atoms with Gasteiger partial charge < -0.3 is 4.90 Å². The number of guanidine groups is 1. The number of carbonyl (C=O) groups is 2. The van der Waals surface area contributed by atoms with E-state index >= 15 is 0 Å². The summed E-state index contributed by atoms with van der Waals surface area (Å²) in [5, 5.41) is 7.57. The van der Waals surface area contributed by atoms with Crippen molar-refractivity contribution in [3.63, 3.8) is 0 Å². The maximum atomic E-state index is 12.6. The topological polar surface area (TPSA) is 128 Å². The number of nitrogens with two attached hydrogens (primary N) is 1. The number of nitrogens with zero attached hydrogens (tertiary/aromatic N) is 4. The van der Waals surface area contributed by atoms with Crippen LogP contribution in [-0.4, -0.2) is 55.4 Å². The van der Waals surface area contributed by atoms with Gasteiger partial charge in [-0.15, -0.1) is 0 Å². The van der Waals surface area contributed by atoms with Gasteiger partial charge in [0.15, 0.2) is 12.2 Å². The zero-order chi connectivity index (χ0) is 21.9. The molecule has 0 radical (unpaired) electrons. The first kappa shape index (κ1) is 19.3. The number of hydrogen-bond acceptors (Lipinski definition) is 7. The van der Waals surface area contributed by atoms with Gasteiger partial charge >= 0.3 is 6.03 Å². The Morgan fingerprint density at radius 2 is 1.71 bits per heavy atom. The Morgan fingerprint density at radius 1 is 1.03 bits per heavy atom. The highest BCUT2D eigenvalue weighted by molar-refractivity contribution is 7.89. The molecule has 3 heterocycles. The number of amides is 3. The lowest BCUT2D eigenvalue weighted by atomic mass is 10.1. The summed E-state index contributed by atoms with van der Waals surface area (Å²) in [6.45, 7) is 0. The minimum Gasteiger partial charge on any atom is -0.303 e. The highest BCUT2D eigenvalue weighted by Crippen LogP contribution is 2.39. The van der Waals surface area contributed by atoms with Gasteiger partial charge in [0.25, 0.3) is 5.91 Å². The number of benzene rings is 2. The quantitative estimate of drug-likeness (QED) is 0.726. The standard InChI is InChI=1S/C20H18N6O4S/c1-24-17-16(18(27)23-20(24)28)25-11-15(12-5-3-2-4-6-12)26(19(25)22-17)13-7-9-14(10-8-13)31(21,29)30/h2-11,16-17H,1H3,(H2,21,29,30)(H,23,27,28). The number of fused-ring (bicyclic) bond motifs is 3. The van der Waals surface area contributed by atoms with Gasteiger partial charge in [-0.05, 0) is 24.3 Å². The molecule has 2 unspecified atom stereocenters. The summed E-state index contributed by atoms with van der Waals surface area (Å²) in [6.07, 6.45) is 1.14. The summed E-state index contributed by atoms with van der Waals surface area (Å²) in [6, 6.07) is 14.4. The highest BCUT2D eigenvalue weighted by Gasteiger charge is 2.52. The molecule has 3 aliphatic rings. The van der Waals surface area contributed by atoms with E-state index in [1.165, 1.54) is 17.0 Å². The molecule has 158 valence electrons. The fourth-order valence-corrected chi connectivity index (χ4v) is 4.45. The predicted molar refractivity (Wildman–Crippen MR) is 113 cm³/mol. The van der Waals surface area contributed by atoms with E-state index in [1.807, 2.05) is 41.4 Å². The number of hydrogen-bond donors (Lipinski definition) is 2. The SMILES string of the molecule is CN1C(=O)NC(=O)C2C1N=C1N(c3ccc(S(N)(=O)=O)cc3)C(c3ccccc3)=CN12. The number of primary sulfonamides is 1. The largest absolute Gasteiger partial charge is 0.325 e. The molecular weight excluding hydrogens is 420 g/mol. The first-order valence-corrected chi connectivity index (χ1v) is 10.9. The number of rotatable bonds is 3. The van der Waals surface area contributed by atoms with Crippen molar-refractivity contribution >= 4 is 39.3 Å². The molecule has 0 spiro atoms. The van der Waals surface area contributed by atoms with Gasteiger partial charge in [0.05, 0.1) is 10.6 Å². The monoisotopic (exact) mass is 438 g/mol. The first-order chi connectivity index (χ1) is 14.8. The van der Waals surface area contributed by atoms with E-state index in [0.717, 1.165) is 11.3 Å². The molecule has 1 fully saturated rings. The van der Waals surface area contributed by atoms with Gasteiger partial charge in [-0.25, -0.2) is 23.3 Å². The lowest BCUT2D eigenvalue weighted by Crippen LogP contribution is -2.62. The van der Waals surface area contributed by atoms with Crippen LogP contribution in [0.2, 0.25) is 0 Å². The molecule has 2 aromatic carbocycles. The van der Waals surface area contributed by atoms with Crippen molar-refractivity contribution in [2.45, 2.75) is 17.1 Å². The lowest BCUT2D eigenvalue weighted by Gasteiger charge is -2.34. The van der Waals surface area contributed by atoms with E-state index in [4.69, 9.17) is 5.14 Å². The molecule has 10 nitrogen and oxygen atoms in total. The van der Waals surface area contributed by atoms with Crippen LogP contribution in [0.1, 0.15) is 5.56 Å². The van der Waals surface area contributed by atoms with Crippen LogP contribution in [0.25, 0.3) is 5.70 Å². The number of nitrogens with one attached hydrogen (secondary N) is 1. The number of likely N-dealkylation sites (N-methyl/N-ethyl adjacent to an activating group) is 1. The van der Waals surface area contributed by atoms with Crippen molar-refractivity contribution in [2.75, 3.05) is 11.9 Å². The number of imide groups is 1. The molecule has 3 amide bonds. The molecule has 0 aliphatic carbocycles. The summed E-state index contributed by atoms with van der Waals surface area (Å²) < 4.78 is 23.3. The van der Waals surface area contributed by atoms with Crippen LogP contribution in [0.4, 0.5) is 10.5 Å². The number of anilines is 1. The molecule has 0 bridgehead atoms. The van der Waals surface area contributed by atoms with Crippen molar-refractivity contribution in [2.24, 2.45) is 10.1 Å². The van der Waals surface area contributed by atoms with Crippen molar-refractivity contribution in [1.29, 1.82) is 0 Å². The van der Waals surface area contributed by atoms with E-state index in [2.05, 4.69) is 10.3 Å². The van der Waals surface area contributed by atoms with Crippen molar-refractivity contribution < 1.29 is 18.0 Å². The minimum absolute atomic E-state index is 0.00992. The summed E-state index contributed by atoms with van der Waals surface area (Å²) in [4.78, 5) is 34.3. The minimum atomic E-state index is -3.84. The van der Waals surface area contributed by atoms with Gasteiger partial charge in [0.2, 0.25) is 16.0 Å². The number of sulfonamides is 1. The summed E-state index contributed by atoms with van der Waals surface area (Å²) in [5.74, 6) is 0.0378. The Bertz CT molecular complexity index is 1260. The van der Waals surface area contributed by atoms with E-state index < -0.39 is 34.2 Å². The molecule has 3 N–H and O–H groups in total. The maximum Gasteiger partial charge on any atom is 0.325 e. The third-order valence-corrected chi connectivity index (χ3v) is 6.40. The summed E-state index contributed by atoms with van der Waals surface area (Å²) >= 11 is 0. The van der Waals surface area contributed by atoms with Gasteiger partial charge in [-0.3, -0.25) is 19.9 Å². The molecule has 0 aromatic heterocycles. The van der Waals surface area contributed by atoms with Crippen molar-refractivity contribution in [1.82, 2.24) is 15.1 Å². The summed E-state index contributed by atoms with van der Waals surface area (Å²) in [5.41, 5.74) is 2.28. The second-order valence-electron chi connectivity index (χ2n) is 7.35. The van der Waals surface area contributed by atoms with E-state index in [1.54, 1.807) is 24.1 Å². The molecule has 31 heavy (non-hydrogen) atoms. The smallest absolute Gasteiger partial charge is 0.303 e. The van der Waals surface area contributed by atoms with Crippen molar-refractivity contribution in [3.05, 3.63) is 66.4 Å². The van der Waals surface area contributed by atoms with E-state index in [0.29, 0.717) is 11.6 Å². The third kappa shape index (κ3) is 2.97. The van der Waals surface area contributed by atoms with Crippen LogP contribution in [0.15, 0.2) is 70.7 Å². The Morgan fingerprint density at radius 3 is 2.35 bits per heavy atom. The average molecular weight is 438 g/mol. The molecule has 0 saturated carbocycles. The van der Waals surface area contributed by atoms with Crippen molar-refractivity contribution in [3.8, 4) is 0 Å². The van der Waals surface area contributed by atoms with Crippen LogP contribution < -0.4 is 15.4 Å². The van der Waals surface area contributed by atoms with Gasteiger partial charge in [-0.1, -0.05) is 30.3 Å². The number of urea groups is 1.